The number of ether oxygens (including phenoxy) is 1. The quantitative estimate of drug-likeness (QED) is 0.376. The number of nitrogens with zero attached hydrogens (tertiary/aromatic N) is 1. The van der Waals surface area contributed by atoms with Crippen LogP contribution in [0.3, 0.4) is 0 Å². The molecule has 1 aromatic rings. The minimum absolute atomic E-state index is 0. The van der Waals surface area contributed by atoms with Gasteiger partial charge in [-0.15, -0.1) is 24.0 Å². The SMILES string of the molecule is CC(NC(N)=NCCC1CCCCO1)c1ccc(Cl)cc1Cl.I. The standard InChI is InChI=1S/C16H23Cl2N3O.HI/c1-11(14-6-5-12(17)10-15(14)18)21-16(19)20-8-7-13-4-2-3-9-22-13;/h5-6,10-11,13H,2-4,7-9H2,1H3,(H3,19,20,21);1H. The van der Waals surface area contributed by atoms with Gasteiger partial charge in [-0.25, -0.2) is 0 Å². The van der Waals surface area contributed by atoms with Gasteiger partial charge in [0.05, 0.1) is 12.1 Å². The van der Waals surface area contributed by atoms with Gasteiger partial charge in [0.1, 0.15) is 0 Å². The van der Waals surface area contributed by atoms with E-state index in [2.05, 4.69) is 10.3 Å². The molecule has 0 aliphatic carbocycles. The molecule has 1 saturated heterocycles. The molecule has 130 valence electrons. The Kier molecular flexibility index (Phi) is 9.58. The summed E-state index contributed by atoms with van der Waals surface area (Å²) in [5, 5.41) is 4.40. The van der Waals surface area contributed by atoms with Crippen LogP contribution in [0.25, 0.3) is 0 Å². The van der Waals surface area contributed by atoms with Crippen LogP contribution in [0, 0.1) is 0 Å². The van der Waals surface area contributed by atoms with Gasteiger partial charge in [-0.2, -0.15) is 0 Å². The predicted molar refractivity (Wildman–Crippen MR) is 108 cm³/mol. The second kappa shape index (κ2) is 10.6. The van der Waals surface area contributed by atoms with Gasteiger partial charge in [-0.3, -0.25) is 4.99 Å². The number of halogens is 3. The molecule has 2 unspecified atom stereocenters. The molecule has 1 heterocycles. The summed E-state index contributed by atoms with van der Waals surface area (Å²) in [6.45, 7) is 3.53. The fourth-order valence-corrected chi connectivity index (χ4v) is 3.13. The van der Waals surface area contributed by atoms with Crippen molar-refractivity contribution in [3.8, 4) is 0 Å². The van der Waals surface area contributed by atoms with Crippen LogP contribution in [0.15, 0.2) is 23.2 Å². The van der Waals surface area contributed by atoms with Crippen LogP contribution in [0.5, 0.6) is 0 Å². The Morgan fingerprint density at radius 3 is 2.87 bits per heavy atom. The Hall–Kier alpha value is -0.240. The molecule has 0 bridgehead atoms. The highest BCUT2D eigenvalue weighted by Gasteiger charge is 2.13. The molecule has 0 spiro atoms. The van der Waals surface area contributed by atoms with E-state index in [1.54, 1.807) is 6.07 Å². The van der Waals surface area contributed by atoms with Crippen molar-refractivity contribution in [2.24, 2.45) is 10.7 Å². The van der Waals surface area contributed by atoms with Gasteiger partial charge in [0, 0.05) is 23.2 Å². The van der Waals surface area contributed by atoms with Crippen molar-refractivity contribution in [3.05, 3.63) is 33.8 Å². The lowest BCUT2D eigenvalue weighted by molar-refractivity contribution is 0.0129. The zero-order chi connectivity index (χ0) is 15.9. The molecule has 2 atom stereocenters. The first-order chi connectivity index (χ1) is 10.6. The molecule has 1 fully saturated rings. The monoisotopic (exact) mass is 471 g/mol. The first-order valence-electron chi connectivity index (χ1n) is 7.69. The summed E-state index contributed by atoms with van der Waals surface area (Å²) in [5.41, 5.74) is 6.88. The summed E-state index contributed by atoms with van der Waals surface area (Å²) in [7, 11) is 0. The third-order valence-corrected chi connectivity index (χ3v) is 4.36. The van der Waals surface area contributed by atoms with Gasteiger partial charge >= 0.3 is 0 Å². The Bertz CT molecular complexity index is 522. The number of aliphatic imine (C=N–C) groups is 1. The van der Waals surface area contributed by atoms with Crippen molar-refractivity contribution in [1.29, 1.82) is 0 Å². The molecule has 23 heavy (non-hydrogen) atoms. The van der Waals surface area contributed by atoms with E-state index in [1.807, 2.05) is 19.1 Å². The largest absolute Gasteiger partial charge is 0.378 e. The third-order valence-electron chi connectivity index (χ3n) is 3.80. The predicted octanol–water partition coefficient (Wildman–Crippen LogP) is 4.54. The lowest BCUT2D eigenvalue weighted by atomic mass is 10.1. The Morgan fingerprint density at radius 1 is 1.43 bits per heavy atom. The number of hydrogen-bond acceptors (Lipinski definition) is 2. The number of hydrogen-bond donors (Lipinski definition) is 2. The van der Waals surface area contributed by atoms with Crippen molar-refractivity contribution in [2.75, 3.05) is 13.2 Å². The second-order valence-corrected chi connectivity index (χ2v) is 6.42. The van der Waals surface area contributed by atoms with Crippen LogP contribution in [0.2, 0.25) is 10.0 Å². The molecule has 0 saturated carbocycles. The van der Waals surface area contributed by atoms with Gasteiger partial charge in [0.15, 0.2) is 5.96 Å². The zero-order valence-corrected chi connectivity index (χ0v) is 17.1. The van der Waals surface area contributed by atoms with E-state index >= 15 is 0 Å². The summed E-state index contributed by atoms with van der Waals surface area (Å²) in [6, 6.07) is 5.41. The van der Waals surface area contributed by atoms with Crippen LogP contribution in [0.1, 0.15) is 44.2 Å². The van der Waals surface area contributed by atoms with Gasteiger partial charge in [0.25, 0.3) is 0 Å². The molecule has 0 aromatic heterocycles. The highest BCUT2D eigenvalue weighted by atomic mass is 127. The molecule has 1 aliphatic heterocycles. The van der Waals surface area contributed by atoms with Crippen LogP contribution in [0.4, 0.5) is 0 Å². The lowest BCUT2D eigenvalue weighted by Crippen LogP contribution is -2.34. The highest BCUT2D eigenvalue weighted by Crippen LogP contribution is 2.25. The van der Waals surface area contributed by atoms with Crippen molar-refractivity contribution in [2.45, 2.75) is 44.8 Å². The molecule has 0 amide bonds. The van der Waals surface area contributed by atoms with Crippen LogP contribution in [-0.4, -0.2) is 25.2 Å². The lowest BCUT2D eigenvalue weighted by Gasteiger charge is -2.22. The maximum Gasteiger partial charge on any atom is 0.189 e. The first kappa shape index (κ1) is 20.8. The van der Waals surface area contributed by atoms with E-state index < -0.39 is 0 Å². The van der Waals surface area contributed by atoms with Crippen LogP contribution in [-0.2, 0) is 4.74 Å². The number of nitrogens with one attached hydrogen (secondary N) is 1. The summed E-state index contributed by atoms with van der Waals surface area (Å²) < 4.78 is 5.68. The number of rotatable bonds is 5. The molecule has 7 heteroatoms. The summed E-state index contributed by atoms with van der Waals surface area (Å²) in [6.07, 6.45) is 4.78. The summed E-state index contributed by atoms with van der Waals surface area (Å²) in [5.74, 6) is 0.425. The fourth-order valence-electron chi connectivity index (χ4n) is 2.56. The molecule has 2 rings (SSSR count). The highest BCUT2D eigenvalue weighted by molar-refractivity contribution is 14.0. The van der Waals surface area contributed by atoms with Crippen molar-refractivity contribution in [3.63, 3.8) is 0 Å². The third kappa shape index (κ3) is 7.03. The Balaban J connectivity index is 0.00000264. The number of nitrogens with two attached hydrogens (primary N) is 1. The summed E-state index contributed by atoms with van der Waals surface area (Å²) in [4.78, 5) is 4.37. The van der Waals surface area contributed by atoms with Crippen molar-refractivity contribution < 1.29 is 4.74 Å². The van der Waals surface area contributed by atoms with Gasteiger partial charge in [0.2, 0.25) is 0 Å². The minimum Gasteiger partial charge on any atom is -0.378 e. The Labute approximate surface area is 165 Å². The van der Waals surface area contributed by atoms with Gasteiger partial charge in [-0.05, 0) is 50.3 Å². The maximum atomic E-state index is 6.19. The van der Waals surface area contributed by atoms with E-state index in [-0.39, 0.29) is 30.0 Å². The number of benzene rings is 1. The maximum absolute atomic E-state index is 6.19. The van der Waals surface area contributed by atoms with Crippen LogP contribution < -0.4 is 11.1 Å². The smallest absolute Gasteiger partial charge is 0.189 e. The molecule has 0 radical (unpaired) electrons. The number of guanidine groups is 1. The van der Waals surface area contributed by atoms with Crippen molar-refractivity contribution >= 4 is 53.1 Å². The average molecular weight is 472 g/mol. The molecule has 3 N–H and O–H groups in total. The summed E-state index contributed by atoms with van der Waals surface area (Å²) >= 11 is 12.1. The Morgan fingerprint density at radius 2 is 2.22 bits per heavy atom. The molecular weight excluding hydrogens is 448 g/mol. The van der Waals surface area contributed by atoms with Crippen LogP contribution >= 0.6 is 47.2 Å². The topological polar surface area (TPSA) is 59.6 Å². The zero-order valence-electron chi connectivity index (χ0n) is 13.2. The van der Waals surface area contributed by atoms with Gasteiger partial charge in [-0.1, -0.05) is 29.3 Å². The molecule has 4 nitrogen and oxygen atoms in total. The minimum atomic E-state index is -0.0283. The van der Waals surface area contributed by atoms with E-state index in [1.165, 1.54) is 12.8 Å². The fraction of sp³-hybridized carbons (Fsp3) is 0.562. The van der Waals surface area contributed by atoms with E-state index in [0.717, 1.165) is 25.0 Å². The molecule has 1 aliphatic rings. The normalized spacial score (nSPS) is 19.8. The van der Waals surface area contributed by atoms with E-state index in [9.17, 15) is 0 Å². The van der Waals surface area contributed by atoms with Crippen molar-refractivity contribution in [1.82, 2.24) is 5.32 Å². The van der Waals surface area contributed by atoms with E-state index in [0.29, 0.717) is 28.7 Å². The first-order valence-corrected chi connectivity index (χ1v) is 8.45. The van der Waals surface area contributed by atoms with E-state index in [4.69, 9.17) is 33.7 Å². The average Bonchev–Trinajstić information content (AvgIpc) is 2.48. The second-order valence-electron chi connectivity index (χ2n) is 5.58. The molecular formula is C16H24Cl2IN3O. The molecule has 1 aromatic carbocycles. The van der Waals surface area contributed by atoms with Gasteiger partial charge < -0.3 is 15.8 Å².